The summed E-state index contributed by atoms with van der Waals surface area (Å²) in [5, 5.41) is 11.0. The summed E-state index contributed by atoms with van der Waals surface area (Å²) in [5.74, 6) is 0.198. The molecule has 1 N–H and O–H groups in total. The topological polar surface area (TPSA) is 59.8 Å². The highest BCUT2D eigenvalue weighted by molar-refractivity contribution is 5.93. The minimum absolute atomic E-state index is 0.186. The van der Waals surface area contributed by atoms with Gasteiger partial charge in [0.2, 0.25) is 0 Å². The van der Waals surface area contributed by atoms with E-state index in [0.29, 0.717) is 18.2 Å². The third kappa shape index (κ3) is 2.34. The van der Waals surface area contributed by atoms with Crippen LogP contribution in [0.4, 0.5) is 0 Å². The van der Waals surface area contributed by atoms with E-state index < -0.39 is 0 Å². The summed E-state index contributed by atoms with van der Waals surface area (Å²) in [6.45, 7) is 4.02. The van der Waals surface area contributed by atoms with Crippen molar-refractivity contribution in [2.45, 2.75) is 18.8 Å². The van der Waals surface area contributed by atoms with Gasteiger partial charge in [-0.15, -0.1) is 11.7 Å². The van der Waals surface area contributed by atoms with Crippen LogP contribution in [0.25, 0.3) is 5.69 Å². The lowest BCUT2D eigenvalue weighted by atomic mass is 10.2. The molecule has 1 aromatic carbocycles. The number of carbonyl (C=O) groups excluding carboxylic acids is 1. The minimum atomic E-state index is -0.186. The number of aromatic nitrogens is 3. The molecule has 0 aliphatic heterocycles. The van der Waals surface area contributed by atoms with Crippen LogP contribution in [0.15, 0.2) is 43.0 Å². The molecule has 0 spiro atoms. The van der Waals surface area contributed by atoms with E-state index in [1.165, 1.54) is 0 Å². The van der Waals surface area contributed by atoms with Crippen LogP contribution in [0.1, 0.15) is 34.9 Å². The van der Waals surface area contributed by atoms with Crippen LogP contribution >= 0.6 is 0 Å². The van der Waals surface area contributed by atoms with E-state index in [1.807, 2.05) is 30.3 Å². The third-order valence-electron chi connectivity index (χ3n) is 3.29. The molecule has 1 aromatic heterocycles. The highest BCUT2D eigenvalue weighted by Crippen LogP contribution is 2.41. The maximum atomic E-state index is 12.1. The second kappa shape index (κ2) is 5.28. The van der Waals surface area contributed by atoms with E-state index in [4.69, 9.17) is 0 Å². The number of para-hydroxylation sites is 1. The number of rotatable bonds is 5. The fraction of sp³-hybridized carbons (Fsp3) is 0.267. The minimum Gasteiger partial charge on any atom is -0.347 e. The third-order valence-corrected chi connectivity index (χ3v) is 3.29. The van der Waals surface area contributed by atoms with Crippen LogP contribution in [0.2, 0.25) is 0 Å². The van der Waals surface area contributed by atoms with Gasteiger partial charge in [-0.2, -0.15) is 0 Å². The molecule has 1 heterocycles. The van der Waals surface area contributed by atoms with Crippen molar-refractivity contribution in [3.63, 3.8) is 0 Å². The van der Waals surface area contributed by atoms with Gasteiger partial charge < -0.3 is 5.32 Å². The van der Waals surface area contributed by atoms with Crippen LogP contribution in [0, 0.1) is 0 Å². The summed E-state index contributed by atoms with van der Waals surface area (Å²) in [4.78, 5) is 12.1. The van der Waals surface area contributed by atoms with Crippen LogP contribution < -0.4 is 5.32 Å². The van der Waals surface area contributed by atoms with Crippen molar-refractivity contribution in [2.24, 2.45) is 0 Å². The molecule has 0 atom stereocenters. The molecule has 1 aliphatic carbocycles. The lowest BCUT2D eigenvalue weighted by molar-refractivity contribution is 0.0952. The van der Waals surface area contributed by atoms with Crippen molar-refractivity contribution in [1.29, 1.82) is 0 Å². The molecular weight excluding hydrogens is 252 g/mol. The highest BCUT2D eigenvalue weighted by atomic mass is 16.2. The zero-order chi connectivity index (χ0) is 13.9. The highest BCUT2D eigenvalue weighted by Gasteiger charge is 2.34. The average Bonchev–Trinajstić information content (AvgIpc) is 3.24. The maximum Gasteiger partial charge on any atom is 0.274 e. The number of nitrogens with zero attached hydrogens (tertiary/aromatic N) is 3. The van der Waals surface area contributed by atoms with Gasteiger partial charge >= 0.3 is 0 Å². The first-order valence-corrected chi connectivity index (χ1v) is 6.71. The summed E-state index contributed by atoms with van der Waals surface area (Å²) >= 11 is 0. The first kappa shape index (κ1) is 12.6. The Morgan fingerprint density at radius 1 is 1.40 bits per heavy atom. The monoisotopic (exact) mass is 268 g/mol. The number of hydrogen-bond acceptors (Lipinski definition) is 3. The predicted molar refractivity (Wildman–Crippen MR) is 75.9 cm³/mol. The first-order valence-electron chi connectivity index (χ1n) is 6.71. The Labute approximate surface area is 117 Å². The van der Waals surface area contributed by atoms with E-state index in [1.54, 1.807) is 10.8 Å². The second-order valence-electron chi connectivity index (χ2n) is 4.84. The van der Waals surface area contributed by atoms with Crippen LogP contribution in [0.5, 0.6) is 0 Å². The molecule has 1 saturated carbocycles. The molecule has 102 valence electrons. The van der Waals surface area contributed by atoms with E-state index >= 15 is 0 Å². The van der Waals surface area contributed by atoms with Gasteiger partial charge in [0.05, 0.1) is 11.4 Å². The van der Waals surface area contributed by atoms with Gasteiger partial charge in [0, 0.05) is 12.5 Å². The van der Waals surface area contributed by atoms with Gasteiger partial charge in [0.1, 0.15) is 0 Å². The average molecular weight is 268 g/mol. The standard InChI is InChI=1S/C15H16N4O/c1-2-10-16-15(20)13-14(11-8-9-11)19(18-17-13)12-6-4-3-5-7-12/h2-7,11H,1,8-10H2,(H,16,20). The smallest absolute Gasteiger partial charge is 0.274 e. The summed E-state index contributed by atoms with van der Waals surface area (Å²) in [7, 11) is 0. The summed E-state index contributed by atoms with van der Waals surface area (Å²) in [6.07, 6.45) is 3.82. The Bertz CT molecular complexity index is 629. The molecule has 0 bridgehead atoms. The molecule has 1 aliphatic rings. The zero-order valence-corrected chi connectivity index (χ0v) is 11.1. The molecule has 1 fully saturated rings. The molecule has 1 amide bonds. The molecule has 0 radical (unpaired) electrons. The molecule has 5 nitrogen and oxygen atoms in total. The van der Waals surface area contributed by atoms with Crippen LogP contribution in [-0.4, -0.2) is 27.4 Å². The van der Waals surface area contributed by atoms with Crippen molar-refractivity contribution >= 4 is 5.91 Å². The molecule has 3 rings (SSSR count). The molecule has 0 unspecified atom stereocenters. The molecule has 5 heteroatoms. The Balaban J connectivity index is 1.98. The quantitative estimate of drug-likeness (QED) is 0.844. The summed E-state index contributed by atoms with van der Waals surface area (Å²) in [5.41, 5.74) is 2.28. The van der Waals surface area contributed by atoms with Crippen LogP contribution in [-0.2, 0) is 0 Å². The Kier molecular flexibility index (Phi) is 3.33. The van der Waals surface area contributed by atoms with Crippen molar-refractivity contribution in [1.82, 2.24) is 20.3 Å². The van der Waals surface area contributed by atoms with Crippen LogP contribution in [0.3, 0.4) is 0 Å². The maximum absolute atomic E-state index is 12.1. The molecular formula is C15H16N4O. The SMILES string of the molecule is C=CCNC(=O)c1nnn(-c2ccccc2)c1C1CC1. The van der Waals surface area contributed by atoms with E-state index in [2.05, 4.69) is 22.2 Å². The fourth-order valence-electron chi connectivity index (χ4n) is 2.18. The number of carbonyl (C=O) groups is 1. The Hall–Kier alpha value is -2.43. The van der Waals surface area contributed by atoms with Gasteiger partial charge in [0.15, 0.2) is 5.69 Å². The first-order chi connectivity index (χ1) is 9.81. The van der Waals surface area contributed by atoms with E-state index in [0.717, 1.165) is 24.2 Å². The number of amides is 1. The van der Waals surface area contributed by atoms with Crippen molar-refractivity contribution in [3.8, 4) is 5.69 Å². The van der Waals surface area contributed by atoms with Crippen molar-refractivity contribution < 1.29 is 4.79 Å². The van der Waals surface area contributed by atoms with Crippen molar-refractivity contribution in [2.75, 3.05) is 6.54 Å². The lowest BCUT2D eigenvalue weighted by Crippen LogP contribution is -2.24. The number of hydrogen-bond donors (Lipinski definition) is 1. The predicted octanol–water partition coefficient (Wildman–Crippen LogP) is 2.06. The van der Waals surface area contributed by atoms with Gasteiger partial charge in [-0.05, 0) is 25.0 Å². The van der Waals surface area contributed by atoms with Gasteiger partial charge in [-0.25, -0.2) is 4.68 Å². The van der Waals surface area contributed by atoms with E-state index in [-0.39, 0.29) is 5.91 Å². The lowest BCUT2D eigenvalue weighted by Gasteiger charge is -2.06. The fourth-order valence-corrected chi connectivity index (χ4v) is 2.18. The van der Waals surface area contributed by atoms with Gasteiger partial charge in [-0.1, -0.05) is 29.5 Å². The van der Waals surface area contributed by atoms with E-state index in [9.17, 15) is 4.79 Å². The Morgan fingerprint density at radius 2 is 2.15 bits per heavy atom. The summed E-state index contributed by atoms with van der Waals surface area (Å²) in [6, 6.07) is 9.78. The molecule has 0 saturated heterocycles. The Morgan fingerprint density at radius 3 is 2.80 bits per heavy atom. The number of nitrogens with one attached hydrogen (secondary N) is 1. The normalized spacial score (nSPS) is 14.0. The summed E-state index contributed by atoms with van der Waals surface area (Å²) < 4.78 is 1.78. The zero-order valence-electron chi connectivity index (χ0n) is 11.1. The molecule has 20 heavy (non-hydrogen) atoms. The largest absolute Gasteiger partial charge is 0.347 e. The van der Waals surface area contributed by atoms with Crippen molar-refractivity contribution in [3.05, 3.63) is 54.4 Å². The second-order valence-corrected chi connectivity index (χ2v) is 4.84. The van der Waals surface area contributed by atoms with Gasteiger partial charge in [0.25, 0.3) is 5.91 Å². The number of benzene rings is 1. The molecule has 2 aromatic rings. The van der Waals surface area contributed by atoms with Gasteiger partial charge in [-0.3, -0.25) is 4.79 Å².